The van der Waals surface area contributed by atoms with Gasteiger partial charge in [-0.05, 0) is 18.9 Å². The number of nitrogens with two attached hydrogens (primary N) is 1. The van der Waals surface area contributed by atoms with E-state index in [4.69, 9.17) is 5.73 Å². The quantitative estimate of drug-likeness (QED) is 0.699. The van der Waals surface area contributed by atoms with Gasteiger partial charge >= 0.3 is 0 Å². The van der Waals surface area contributed by atoms with Crippen molar-refractivity contribution in [3.05, 3.63) is 35.9 Å². The first-order valence-electron chi connectivity index (χ1n) is 5.23. The second-order valence-corrected chi connectivity index (χ2v) is 3.64. The van der Waals surface area contributed by atoms with Gasteiger partial charge in [-0.3, -0.25) is 9.59 Å². The van der Waals surface area contributed by atoms with Gasteiger partial charge in [0, 0.05) is 6.54 Å². The maximum atomic E-state index is 11.2. The number of rotatable bonds is 5. The molecule has 0 bridgehead atoms. The Kier molecular flexibility index (Phi) is 4.66. The van der Waals surface area contributed by atoms with Gasteiger partial charge in [0.25, 0.3) is 5.91 Å². The van der Waals surface area contributed by atoms with E-state index < -0.39 is 17.7 Å². The summed E-state index contributed by atoms with van der Waals surface area (Å²) >= 11 is 0. The molecular weight excluding hydrogens is 204 g/mol. The van der Waals surface area contributed by atoms with Crippen LogP contribution in [0.3, 0.4) is 0 Å². The smallest absolute Gasteiger partial charge is 0.289 e. The lowest BCUT2D eigenvalue weighted by Crippen LogP contribution is -2.41. The van der Waals surface area contributed by atoms with E-state index in [0.29, 0.717) is 13.0 Å². The molecule has 0 unspecified atom stereocenters. The highest BCUT2D eigenvalue weighted by molar-refractivity contribution is 6.37. The first-order valence-corrected chi connectivity index (χ1v) is 5.23. The summed E-state index contributed by atoms with van der Waals surface area (Å²) < 4.78 is 0. The lowest BCUT2D eigenvalue weighted by molar-refractivity contribution is -0.138. The summed E-state index contributed by atoms with van der Waals surface area (Å²) in [4.78, 5) is 22.4. The van der Waals surface area contributed by atoms with Gasteiger partial charge in [-0.15, -0.1) is 0 Å². The molecule has 0 aromatic heterocycles. The molecule has 1 amide bonds. The number of benzene rings is 1. The van der Waals surface area contributed by atoms with Crippen molar-refractivity contribution in [2.75, 3.05) is 6.54 Å². The molecule has 86 valence electrons. The fraction of sp³-hybridized carbons (Fsp3) is 0.333. The van der Waals surface area contributed by atoms with Crippen molar-refractivity contribution < 1.29 is 9.59 Å². The summed E-state index contributed by atoms with van der Waals surface area (Å²) in [5, 5.41) is 2.54. The van der Waals surface area contributed by atoms with Crippen molar-refractivity contribution in [3.63, 3.8) is 0 Å². The Bertz CT molecular complexity index is 361. The largest absolute Gasteiger partial charge is 0.349 e. The average molecular weight is 220 g/mol. The monoisotopic (exact) mass is 220 g/mol. The minimum absolute atomic E-state index is 0.446. The molecule has 4 nitrogen and oxygen atoms in total. The molecule has 0 aliphatic heterocycles. The molecule has 1 aromatic carbocycles. The predicted molar refractivity (Wildman–Crippen MR) is 61.8 cm³/mol. The Balaban J connectivity index is 2.31. The molecule has 1 aromatic rings. The van der Waals surface area contributed by atoms with Crippen LogP contribution in [0.4, 0.5) is 0 Å². The minimum atomic E-state index is -0.739. The van der Waals surface area contributed by atoms with Gasteiger partial charge < -0.3 is 11.1 Å². The van der Waals surface area contributed by atoms with Crippen molar-refractivity contribution in [1.29, 1.82) is 0 Å². The Morgan fingerprint density at radius 2 is 1.94 bits per heavy atom. The van der Waals surface area contributed by atoms with E-state index in [-0.39, 0.29) is 0 Å². The van der Waals surface area contributed by atoms with Crippen molar-refractivity contribution in [2.24, 2.45) is 5.73 Å². The molecule has 0 saturated carbocycles. The van der Waals surface area contributed by atoms with Gasteiger partial charge in [-0.25, -0.2) is 0 Å². The summed E-state index contributed by atoms with van der Waals surface area (Å²) in [5.41, 5.74) is 6.43. The van der Waals surface area contributed by atoms with Crippen molar-refractivity contribution >= 4 is 11.7 Å². The molecule has 4 heteroatoms. The van der Waals surface area contributed by atoms with Crippen LogP contribution in [0.15, 0.2) is 30.3 Å². The molecule has 16 heavy (non-hydrogen) atoms. The van der Waals surface area contributed by atoms with Crippen LogP contribution >= 0.6 is 0 Å². The molecular formula is C12H16N2O2. The fourth-order valence-corrected chi connectivity index (χ4v) is 1.26. The third-order valence-electron chi connectivity index (χ3n) is 2.18. The van der Waals surface area contributed by atoms with Crippen LogP contribution in [-0.2, 0) is 16.0 Å². The van der Waals surface area contributed by atoms with E-state index in [1.165, 1.54) is 6.92 Å². The molecule has 1 atom stereocenters. The second-order valence-electron chi connectivity index (χ2n) is 3.64. The van der Waals surface area contributed by atoms with Crippen LogP contribution in [0.25, 0.3) is 0 Å². The van der Waals surface area contributed by atoms with Gasteiger partial charge in [0.2, 0.25) is 5.78 Å². The molecule has 3 N–H and O–H groups in total. The zero-order valence-electron chi connectivity index (χ0n) is 9.27. The highest BCUT2D eigenvalue weighted by Crippen LogP contribution is 1.98. The number of Topliss-reactive ketones (excluding diaryl/α,β-unsaturated/α-hetero) is 1. The lowest BCUT2D eigenvalue weighted by atomic mass is 10.1. The van der Waals surface area contributed by atoms with E-state index in [9.17, 15) is 9.59 Å². The number of hydrogen-bond acceptors (Lipinski definition) is 3. The molecule has 0 fully saturated rings. The maximum absolute atomic E-state index is 11.2. The van der Waals surface area contributed by atoms with Crippen molar-refractivity contribution in [2.45, 2.75) is 19.4 Å². The topological polar surface area (TPSA) is 72.2 Å². The van der Waals surface area contributed by atoms with Gasteiger partial charge in [-0.2, -0.15) is 0 Å². The van der Waals surface area contributed by atoms with Crippen LogP contribution in [0.5, 0.6) is 0 Å². The Morgan fingerprint density at radius 3 is 2.50 bits per heavy atom. The first kappa shape index (κ1) is 12.4. The maximum Gasteiger partial charge on any atom is 0.289 e. The van der Waals surface area contributed by atoms with E-state index >= 15 is 0 Å². The third kappa shape index (κ3) is 3.82. The van der Waals surface area contributed by atoms with Crippen LogP contribution < -0.4 is 11.1 Å². The van der Waals surface area contributed by atoms with E-state index in [2.05, 4.69) is 5.32 Å². The molecule has 0 aliphatic rings. The SMILES string of the molecule is C[C@H](N)C(=O)C(=O)NCCc1ccccc1. The van der Waals surface area contributed by atoms with Crippen LogP contribution in [0, 0.1) is 0 Å². The Hall–Kier alpha value is -1.68. The molecule has 0 spiro atoms. The molecule has 0 aliphatic carbocycles. The average Bonchev–Trinajstić information content (AvgIpc) is 2.29. The number of nitrogens with one attached hydrogen (secondary N) is 1. The second kappa shape index (κ2) is 6.02. The van der Waals surface area contributed by atoms with Gasteiger partial charge in [0.05, 0.1) is 6.04 Å². The van der Waals surface area contributed by atoms with Gasteiger partial charge in [0.15, 0.2) is 0 Å². The summed E-state index contributed by atoms with van der Waals surface area (Å²) in [6.45, 7) is 1.94. The molecule has 0 saturated heterocycles. The minimum Gasteiger partial charge on any atom is -0.349 e. The highest BCUT2D eigenvalue weighted by atomic mass is 16.2. The molecule has 0 heterocycles. The first-order chi connectivity index (χ1) is 7.61. The number of ketones is 1. The van der Waals surface area contributed by atoms with Crippen LogP contribution in [-0.4, -0.2) is 24.3 Å². The zero-order valence-corrected chi connectivity index (χ0v) is 9.27. The van der Waals surface area contributed by atoms with E-state index in [1.54, 1.807) is 0 Å². The van der Waals surface area contributed by atoms with Crippen LogP contribution in [0.1, 0.15) is 12.5 Å². The third-order valence-corrected chi connectivity index (χ3v) is 2.18. The van der Waals surface area contributed by atoms with Crippen LogP contribution in [0.2, 0.25) is 0 Å². The van der Waals surface area contributed by atoms with Crippen molar-refractivity contribution in [1.82, 2.24) is 5.32 Å². The molecule has 0 radical (unpaired) electrons. The highest BCUT2D eigenvalue weighted by Gasteiger charge is 2.16. The summed E-state index contributed by atoms with van der Waals surface area (Å²) in [6.07, 6.45) is 0.707. The predicted octanol–water partition coefficient (Wildman–Crippen LogP) is 0.262. The number of amides is 1. The number of carbonyl (C=O) groups excluding carboxylic acids is 2. The normalized spacial score (nSPS) is 11.9. The summed E-state index contributed by atoms with van der Waals surface area (Å²) in [5.74, 6) is -1.18. The van der Waals surface area contributed by atoms with E-state index in [0.717, 1.165) is 5.56 Å². The zero-order chi connectivity index (χ0) is 12.0. The number of hydrogen-bond donors (Lipinski definition) is 2. The fourth-order valence-electron chi connectivity index (χ4n) is 1.26. The van der Waals surface area contributed by atoms with Gasteiger partial charge in [-0.1, -0.05) is 30.3 Å². The summed E-state index contributed by atoms with van der Waals surface area (Å²) in [7, 11) is 0. The standard InChI is InChI=1S/C12H16N2O2/c1-9(13)11(15)12(16)14-8-7-10-5-3-2-4-6-10/h2-6,9H,7-8,13H2,1H3,(H,14,16)/t9-/m0/s1. The summed E-state index contributed by atoms with van der Waals surface area (Å²) in [6, 6.07) is 9.01. The number of carbonyl (C=O) groups is 2. The lowest BCUT2D eigenvalue weighted by Gasteiger charge is -2.06. The van der Waals surface area contributed by atoms with Gasteiger partial charge in [0.1, 0.15) is 0 Å². The van der Waals surface area contributed by atoms with E-state index in [1.807, 2.05) is 30.3 Å². The molecule has 1 rings (SSSR count). The Morgan fingerprint density at radius 1 is 1.31 bits per heavy atom. The van der Waals surface area contributed by atoms with Crippen molar-refractivity contribution in [3.8, 4) is 0 Å². The Labute approximate surface area is 94.8 Å².